The van der Waals surface area contributed by atoms with Crippen molar-refractivity contribution in [1.29, 1.82) is 0 Å². The minimum atomic E-state index is 0.0161. The van der Waals surface area contributed by atoms with E-state index < -0.39 is 0 Å². The van der Waals surface area contributed by atoms with Gasteiger partial charge in [-0.3, -0.25) is 9.67 Å². The van der Waals surface area contributed by atoms with Gasteiger partial charge in [0.1, 0.15) is 0 Å². The van der Waals surface area contributed by atoms with E-state index in [1.807, 2.05) is 26.4 Å². The number of rotatable bonds is 4. The number of hydrogen-bond acceptors (Lipinski definition) is 3. The molecule has 0 aliphatic rings. The van der Waals surface area contributed by atoms with E-state index in [9.17, 15) is 0 Å². The van der Waals surface area contributed by atoms with Crippen molar-refractivity contribution in [2.75, 3.05) is 6.54 Å². The van der Waals surface area contributed by atoms with Gasteiger partial charge < -0.3 is 5.32 Å². The third-order valence-electron chi connectivity index (χ3n) is 2.85. The Labute approximate surface area is 112 Å². The SMILES string of the molecule is CCNC(c1cncc(C)c1)c1c(Cl)cnn1C. The first kappa shape index (κ1) is 13.1. The molecule has 0 amide bonds. The van der Waals surface area contributed by atoms with Gasteiger partial charge >= 0.3 is 0 Å². The van der Waals surface area contributed by atoms with Crippen LogP contribution >= 0.6 is 11.6 Å². The van der Waals surface area contributed by atoms with E-state index in [0.717, 1.165) is 23.4 Å². The number of aromatic nitrogens is 3. The van der Waals surface area contributed by atoms with Crippen LogP contribution in [-0.4, -0.2) is 21.3 Å². The maximum atomic E-state index is 6.22. The molecule has 0 bridgehead atoms. The summed E-state index contributed by atoms with van der Waals surface area (Å²) in [5.74, 6) is 0. The fraction of sp³-hybridized carbons (Fsp3) is 0.385. The minimum absolute atomic E-state index is 0.0161. The first-order chi connectivity index (χ1) is 8.63. The Hall–Kier alpha value is -1.39. The van der Waals surface area contributed by atoms with Crippen LogP contribution in [0.15, 0.2) is 24.7 Å². The van der Waals surface area contributed by atoms with Gasteiger partial charge in [0, 0.05) is 19.4 Å². The molecule has 1 unspecified atom stereocenters. The average Bonchev–Trinajstić information content (AvgIpc) is 2.67. The van der Waals surface area contributed by atoms with Gasteiger partial charge in [-0.25, -0.2) is 0 Å². The van der Waals surface area contributed by atoms with Gasteiger partial charge in [-0.2, -0.15) is 5.10 Å². The molecule has 2 aromatic rings. The molecule has 2 aromatic heterocycles. The highest BCUT2D eigenvalue weighted by Crippen LogP contribution is 2.27. The molecule has 5 heteroatoms. The Kier molecular flexibility index (Phi) is 3.99. The fourth-order valence-corrected chi connectivity index (χ4v) is 2.33. The molecule has 0 saturated carbocycles. The lowest BCUT2D eigenvalue weighted by molar-refractivity contribution is 0.571. The lowest BCUT2D eigenvalue weighted by Gasteiger charge is -2.19. The second-order valence-corrected chi connectivity index (χ2v) is 4.69. The summed E-state index contributed by atoms with van der Waals surface area (Å²) < 4.78 is 1.80. The number of nitrogens with one attached hydrogen (secondary N) is 1. The summed E-state index contributed by atoms with van der Waals surface area (Å²) >= 11 is 6.22. The Morgan fingerprint density at radius 2 is 2.17 bits per heavy atom. The predicted octanol–water partition coefficient (Wildman–Crippen LogP) is 2.48. The number of nitrogens with zero attached hydrogens (tertiary/aromatic N) is 3. The molecule has 96 valence electrons. The average molecular weight is 265 g/mol. The van der Waals surface area contributed by atoms with Crippen LogP contribution in [0, 0.1) is 6.92 Å². The van der Waals surface area contributed by atoms with Crippen molar-refractivity contribution in [3.05, 3.63) is 46.5 Å². The highest BCUT2D eigenvalue weighted by molar-refractivity contribution is 6.31. The van der Waals surface area contributed by atoms with Gasteiger partial charge in [0.25, 0.3) is 0 Å². The molecule has 0 aliphatic carbocycles. The van der Waals surface area contributed by atoms with Crippen LogP contribution in [0.5, 0.6) is 0 Å². The molecule has 0 aromatic carbocycles. The largest absolute Gasteiger partial charge is 0.305 e. The molecule has 0 fully saturated rings. The van der Waals surface area contributed by atoms with Crippen molar-refractivity contribution in [2.45, 2.75) is 19.9 Å². The van der Waals surface area contributed by atoms with Crippen LogP contribution in [0.3, 0.4) is 0 Å². The van der Waals surface area contributed by atoms with E-state index >= 15 is 0 Å². The molecule has 0 aliphatic heterocycles. The quantitative estimate of drug-likeness (QED) is 0.923. The molecule has 1 atom stereocenters. The number of pyridine rings is 1. The van der Waals surface area contributed by atoms with E-state index in [4.69, 9.17) is 11.6 Å². The normalized spacial score (nSPS) is 12.7. The van der Waals surface area contributed by atoms with Crippen LogP contribution in [0.4, 0.5) is 0 Å². The standard InChI is InChI=1S/C13H17ClN4/c1-4-16-12(10-5-9(2)6-15-7-10)13-11(14)8-17-18(13)3/h5-8,12,16H,4H2,1-3H3. The first-order valence-electron chi connectivity index (χ1n) is 5.95. The summed E-state index contributed by atoms with van der Waals surface area (Å²) in [4.78, 5) is 4.24. The number of hydrogen-bond donors (Lipinski definition) is 1. The zero-order valence-corrected chi connectivity index (χ0v) is 11.6. The Morgan fingerprint density at radius 1 is 1.39 bits per heavy atom. The second kappa shape index (κ2) is 5.50. The lowest BCUT2D eigenvalue weighted by atomic mass is 10.0. The third kappa shape index (κ3) is 2.54. The highest BCUT2D eigenvalue weighted by atomic mass is 35.5. The van der Waals surface area contributed by atoms with E-state index in [0.29, 0.717) is 5.02 Å². The van der Waals surface area contributed by atoms with Gasteiger partial charge in [0.15, 0.2) is 0 Å². The molecule has 18 heavy (non-hydrogen) atoms. The summed E-state index contributed by atoms with van der Waals surface area (Å²) in [7, 11) is 1.90. The van der Waals surface area contributed by atoms with Gasteiger partial charge in [-0.1, -0.05) is 24.6 Å². The molecular formula is C13H17ClN4. The van der Waals surface area contributed by atoms with E-state index in [2.05, 4.69) is 28.4 Å². The van der Waals surface area contributed by atoms with Crippen LogP contribution in [-0.2, 0) is 7.05 Å². The molecule has 4 nitrogen and oxygen atoms in total. The van der Waals surface area contributed by atoms with Crippen molar-refractivity contribution in [3.63, 3.8) is 0 Å². The molecule has 2 heterocycles. The van der Waals surface area contributed by atoms with Crippen LogP contribution in [0.25, 0.3) is 0 Å². The molecule has 2 rings (SSSR count). The molecule has 0 saturated heterocycles. The molecular weight excluding hydrogens is 248 g/mol. The van der Waals surface area contributed by atoms with Gasteiger partial charge in [-0.05, 0) is 24.6 Å². The van der Waals surface area contributed by atoms with Gasteiger partial charge in [-0.15, -0.1) is 0 Å². The van der Waals surface area contributed by atoms with Crippen molar-refractivity contribution >= 4 is 11.6 Å². The molecule has 0 spiro atoms. The minimum Gasteiger partial charge on any atom is -0.305 e. The van der Waals surface area contributed by atoms with Gasteiger partial charge in [0.05, 0.1) is 23.0 Å². The predicted molar refractivity (Wildman–Crippen MR) is 72.7 cm³/mol. The van der Waals surface area contributed by atoms with Gasteiger partial charge in [0.2, 0.25) is 0 Å². The van der Waals surface area contributed by atoms with Crippen molar-refractivity contribution in [1.82, 2.24) is 20.1 Å². The topological polar surface area (TPSA) is 42.7 Å². The summed E-state index contributed by atoms with van der Waals surface area (Å²) in [5.41, 5.74) is 3.20. The van der Waals surface area contributed by atoms with Crippen molar-refractivity contribution < 1.29 is 0 Å². The highest BCUT2D eigenvalue weighted by Gasteiger charge is 2.20. The zero-order valence-electron chi connectivity index (χ0n) is 10.8. The molecule has 0 radical (unpaired) electrons. The fourth-order valence-electron chi connectivity index (χ4n) is 2.06. The lowest BCUT2D eigenvalue weighted by Crippen LogP contribution is -2.24. The van der Waals surface area contributed by atoms with Crippen LogP contribution in [0.1, 0.15) is 29.8 Å². The summed E-state index contributed by atoms with van der Waals surface area (Å²) in [6, 6.07) is 2.13. The third-order valence-corrected chi connectivity index (χ3v) is 3.14. The Bertz CT molecular complexity index is 516. The maximum Gasteiger partial charge on any atom is 0.0837 e. The summed E-state index contributed by atoms with van der Waals surface area (Å²) in [5, 5.41) is 8.29. The number of aryl methyl sites for hydroxylation is 2. The zero-order chi connectivity index (χ0) is 13.1. The Morgan fingerprint density at radius 3 is 2.72 bits per heavy atom. The van der Waals surface area contributed by atoms with Crippen LogP contribution < -0.4 is 5.32 Å². The number of halogens is 1. The maximum absolute atomic E-state index is 6.22. The van der Waals surface area contributed by atoms with E-state index in [-0.39, 0.29) is 6.04 Å². The first-order valence-corrected chi connectivity index (χ1v) is 6.33. The monoisotopic (exact) mass is 264 g/mol. The smallest absolute Gasteiger partial charge is 0.0837 e. The second-order valence-electron chi connectivity index (χ2n) is 4.29. The van der Waals surface area contributed by atoms with Crippen molar-refractivity contribution in [2.24, 2.45) is 7.05 Å². The Balaban J connectivity index is 2.46. The van der Waals surface area contributed by atoms with E-state index in [1.54, 1.807) is 10.9 Å². The molecule has 1 N–H and O–H groups in total. The summed E-state index contributed by atoms with van der Waals surface area (Å²) in [6.45, 7) is 4.95. The summed E-state index contributed by atoms with van der Waals surface area (Å²) in [6.07, 6.45) is 5.38. The van der Waals surface area contributed by atoms with Crippen LogP contribution in [0.2, 0.25) is 5.02 Å². The van der Waals surface area contributed by atoms with Crippen molar-refractivity contribution in [3.8, 4) is 0 Å². The van der Waals surface area contributed by atoms with E-state index in [1.165, 1.54) is 0 Å².